The lowest BCUT2D eigenvalue weighted by atomic mass is 10.0. The highest BCUT2D eigenvalue weighted by atomic mass is 16.7. The maximum absolute atomic E-state index is 12.1. The summed E-state index contributed by atoms with van der Waals surface area (Å²) in [7, 11) is 0. The Morgan fingerprint density at radius 3 is 2.62 bits per heavy atom. The molecule has 2 saturated heterocycles. The van der Waals surface area contributed by atoms with Gasteiger partial charge in [0.2, 0.25) is 18.4 Å². The number of benzene rings is 1. The number of anilines is 2. The SMILES string of the molecule is CC1CCCCN1c1ncnc(N2CCN(Cc3ccc4c(c3)OCO4)CC2)c1[N+](=O)[O-]. The molecule has 2 aromatic rings. The molecule has 0 radical (unpaired) electrons. The fourth-order valence-electron chi connectivity index (χ4n) is 4.79. The number of hydrogen-bond donors (Lipinski definition) is 0. The van der Waals surface area contributed by atoms with Crippen LogP contribution in [0.25, 0.3) is 0 Å². The standard InChI is InChI=1S/C22H28N6O4/c1-16-4-2-3-7-27(16)22-20(28(29)30)21(23-14-24-22)26-10-8-25(9-11-26)13-17-5-6-18-19(12-17)32-15-31-18/h5-6,12,14,16H,2-4,7-11,13,15H2,1H3. The summed E-state index contributed by atoms with van der Waals surface area (Å²) in [6, 6.07) is 6.27. The smallest absolute Gasteiger partial charge is 0.353 e. The lowest BCUT2D eigenvalue weighted by Crippen LogP contribution is -2.46. The molecule has 0 saturated carbocycles. The van der Waals surface area contributed by atoms with Crippen molar-refractivity contribution >= 4 is 17.3 Å². The van der Waals surface area contributed by atoms with Gasteiger partial charge in [-0.15, -0.1) is 0 Å². The molecule has 0 bridgehead atoms. The summed E-state index contributed by atoms with van der Waals surface area (Å²) in [6.07, 6.45) is 4.67. The third kappa shape index (κ3) is 4.02. The molecule has 10 heteroatoms. The normalized spacial score (nSPS) is 21.1. The van der Waals surface area contributed by atoms with Crippen LogP contribution in [0, 0.1) is 10.1 Å². The molecule has 0 N–H and O–H groups in total. The van der Waals surface area contributed by atoms with E-state index in [2.05, 4.69) is 32.8 Å². The molecule has 1 aromatic heterocycles. The second kappa shape index (κ2) is 8.78. The first-order valence-corrected chi connectivity index (χ1v) is 11.2. The van der Waals surface area contributed by atoms with Crippen LogP contribution >= 0.6 is 0 Å². The summed E-state index contributed by atoms with van der Waals surface area (Å²) in [5, 5.41) is 12.1. The van der Waals surface area contributed by atoms with Gasteiger partial charge in [0, 0.05) is 45.3 Å². The number of nitrogens with zero attached hydrogens (tertiary/aromatic N) is 6. The van der Waals surface area contributed by atoms with Crippen LogP contribution in [0.3, 0.4) is 0 Å². The van der Waals surface area contributed by atoms with Gasteiger partial charge < -0.3 is 19.3 Å². The van der Waals surface area contributed by atoms with Crippen molar-refractivity contribution in [1.29, 1.82) is 0 Å². The number of piperazine rings is 1. The van der Waals surface area contributed by atoms with Crippen molar-refractivity contribution in [3.05, 3.63) is 40.2 Å². The monoisotopic (exact) mass is 440 g/mol. The Balaban J connectivity index is 1.30. The minimum atomic E-state index is -0.315. The number of nitro groups is 1. The zero-order chi connectivity index (χ0) is 22.1. The first kappa shape index (κ1) is 20.7. The van der Waals surface area contributed by atoms with Gasteiger partial charge in [-0.05, 0) is 43.9 Å². The molecule has 32 heavy (non-hydrogen) atoms. The van der Waals surface area contributed by atoms with E-state index in [-0.39, 0.29) is 23.4 Å². The first-order chi connectivity index (χ1) is 15.6. The van der Waals surface area contributed by atoms with Crippen molar-refractivity contribution in [3.8, 4) is 11.5 Å². The minimum Gasteiger partial charge on any atom is -0.454 e. The molecule has 1 aromatic carbocycles. The molecule has 0 spiro atoms. The summed E-state index contributed by atoms with van der Waals surface area (Å²) in [5.74, 6) is 2.46. The van der Waals surface area contributed by atoms with Crippen LogP contribution in [0.15, 0.2) is 24.5 Å². The quantitative estimate of drug-likeness (QED) is 0.513. The van der Waals surface area contributed by atoms with Crippen LogP contribution in [-0.2, 0) is 6.54 Å². The molecule has 170 valence electrons. The maximum atomic E-state index is 12.1. The van der Waals surface area contributed by atoms with Gasteiger partial charge in [-0.2, -0.15) is 0 Å². The van der Waals surface area contributed by atoms with Gasteiger partial charge in [0.15, 0.2) is 11.5 Å². The van der Waals surface area contributed by atoms with Crippen molar-refractivity contribution in [2.24, 2.45) is 0 Å². The van der Waals surface area contributed by atoms with E-state index in [4.69, 9.17) is 9.47 Å². The molecule has 3 aliphatic rings. The Labute approximate surface area is 186 Å². The Kier molecular flexibility index (Phi) is 5.69. The van der Waals surface area contributed by atoms with E-state index >= 15 is 0 Å². The molecule has 0 aliphatic carbocycles. The number of aromatic nitrogens is 2. The zero-order valence-electron chi connectivity index (χ0n) is 18.3. The average Bonchev–Trinajstić information content (AvgIpc) is 3.27. The summed E-state index contributed by atoms with van der Waals surface area (Å²) >= 11 is 0. The van der Waals surface area contributed by atoms with E-state index in [0.29, 0.717) is 24.7 Å². The van der Waals surface area contributed by atoms with Crippen molar-refractivity contribution < 1.29 is 14.4 Å². The highest BCUT2D eigenvalue weighted by Crippen LogP contribution is 2.37. The van der Waals surface area contributed by atoms with Gasteiger partial charge in [-0.3, -0.25) is 15.0 Å². The van der Waals surface area contributed by atoms with Crippen LogP contribution in [0.2, 0.25) is 0 Å². The fourth-order valence-corrected chi connectivity index (χ4v) is 4.79. The Morgan fingerprint density at radius 2 is 1.84 bits per heavy atom. The van der Waals surface area contributed by atoms with E-state index in [1.165, 1.54) is 6.33 Å². The predicted octanol–water partition coefficient (Wildman–Crippen LogP) is 2.81. The molecule has 10 nitrogen and oxygen atoms in total. The fraction of sp³-hybridized carbons (Fsp3) is 0.545. The van der Waals surface area contributed by atoms with E-state index < -0.39 is 0 Å². The van der Waals surface area contributed by atoms with Crippen LogP contribution in [0.5, 0.6) is 11.5 Å². The molecule has 2 fully saturated rings. The molecule has 4 heterocycles. The number of fused-ring (bicyclic) bond motifs is 1. The van der Waals surface area contributed by atoms with Gasteiger partial charge in [0.05, 0.1) is 4.92 Å². The minimum absolute atomic E-state index is 0.0328. The van der Waals surface area contributed by atoms with Crippen molar-refractivity contribution in [2.45, 2.75) is 38.8 Å². The predicted molar refractivity (Wildman–Crippen MR) is 119 cm³/mol. The lowest BCUT2D eigenvalue weighted by Gasteiger charge is -2.36. The van der Waals surface area contributed by atoms with Gasteiger partial charge in [-0.25, -0.2) is 9.97 Å². The maximum Gasteiger partial charge on any atom is 0.353 e. The van der Waals surface area contributed by atoms with E-state index in [1.807, 2.05) is 17.0 Å². The molecule has 1 atom stereocenters. The lowest BCUT2D eigenvalue weighted by molar-refractivity contribution is -0.383. The van der Waals surface area contributed by atoms with Crippen molar-refractivity contribution in [3.63, 3.8) is 0 Å². The third-order valence-corrected chi connectivity index (χ3v) is 6.56. The Morgan fingerprint density at radius 1 is 1.06 bits per heavy atom. The van der Waals surface area contributed by atoms with Crippen LogP contribution in [0.1, 0.15) is 31.7 Å². The van der Waals surface area contributed by atoms with E-state index in [0.717, 1.165) is 62.5 Å². The zero-order valence-corrected chi connectivity index (χ0v) is 18.3. The van der Waals surface area contributed by atoms with E-state index in [1.54, 1.807) is 0 Å². The van der Waals surface area contributed by atoms with Crippen LogP contribution in [-0.4, -0.2) is 65.3 Å². The largest absolute Gasteiger partial charge is 0.454 e. The highest BCUT2D eigenvalue weighted by Gasteiger charge is 2.33. The van der Waals surface area contributed by atoms with Gasteiger partial charge in [0.1, 0.15) is 6.33 Å². The topological polar surface area (TPSA) is 97.1 Å². The molecule has 1 unspecified atom stereocenters. The summed E-state index contributed by atoms with van der Waals surface area (Å²) < 4.78 is 10.9. The first-order valence-electron chi connectivity index (χ1n) is 11.2. The summed E-state index contributed by atoms with van der Waals surface area (Å²) in [4.78, 5) is 26.9. The van der Waals surface area contributed by atoms with Crippen molar-refractivity contribution in [1.82, 2.24) is 14.9 Å². The molecular weight excluding hydrogens is 412 g/mol. The van der Waals surface area contributed by atoms with Gasteiger partial charge in [0.25, 0.3) is 0 Å². The number of ether oxygens (including phenoxy) is 2. The number of rotatable bonds is 5. The highest BCUT2D eigenvalue weighted by molar-refractivity contribution is 5.71. The second-order valence-corrected chi connectivity index (χ2v) is 8.62. The second-order valence-electron chi connectivity index (χ2n) is 8.62. The third-order valence-electron chi connectivity index (χ3n) is 6.56. The summed E-state index contributed by atoms with van der Waals surface area (Å²) in [5.41, 5.74) is 1.20. The number of piperidine rings is 1. The molecular formula is C22H28N6O4. The summed E-state index contributed by atoms with van der Waals surface area (Å²) in [6.45, 7) is 6.92. The molecule has 3 aliphatic heterocycles. The van der Waals surface area contributed by atoms with E-state index in [9.17, 15) is 10.1 Å². The van der Waals surface area contributed by atoms with Gasteiger partial charge >= 0.3 is 5.69 Å². The van der Waals surface area contributed by atoms with Crippen LogP contribution < -0.4 is 19.3 Å². The van der Waals surface area contributed by atoms with Crippen molar-refractivity contribution in [2.75, 3.05) is 49.3 Å². The molecule has 5 rings (SSSR count). The Hall–Kier alpha value is -3.14. The number of hydrogen-bond acceptors (Lipinski definition) is 9. The van der Waals surface area contributed by atoms with Crippen LogP contribution in [0.4, 0.5) is 17.3 Å². The average molecular weight is 441 g/mol. The van der Waals surface area contributed by atoms with Gasteiger partial charge in [-0.1, -0.05) is 6.07 Å². The Bertz CT molecular complexity index is 994. The molecule has 0 amide bonds.